The van der Waals surface area contributed by atoms with Crippen LogP contribution in [0.15, 0.2) is 35.3 Å². The van der Waals surface area contributed by atoms with Crippen molar-refractivity contribution in [2.75, 3.05) is 6.61 Å². The van der Waals surface area contributed by atoms with Crippen LogP contribution in [0, 0.1) is 0 Å². The van der Waals surface area contributed by atoms with E-state index in [1.165, 1.54) is 10.9 Å². The number of nitrogens with zero attached hydrogens (tertiary/aromatic N) is 2. The van der Waals surface area contributed by atoms with Crippen LogP contribution in [-0.2, 0) is 12.1 Å². The molecule has 5 nitrogen and oxygen atoms in total. The van der Waals surface area contributed by atoms with Gasteiger partial charge in [0.25, 0.3) is 5.56 Å². The van der Waals surface area contributed by atoms with Gasteiger partial charge in [0.2, 0.25) is 0 Å². The highest BCUT2D eigenvalue weighted by Crippen LogP contribution is 2.22. The smallest absolute Gasteiger partial charge is 0.289 e. The Hall–Kier alpha value is -2.01. The molecule has 0 unspecified atom stereocenters. The van der Waals surface area contributed by atoms with E-state index >= 15 is 0 Å². The molecular weight excluding hydrogens is 328 g/mol. The van der Waals surface area contributed by atoms with E-state index < -0.39 is 5.54 Å². The van der Waals surface area contributed by atoms with E-state index in [9.17, 15) is 4.79 Å². The molecule has 0 aliphatic rings. The van der Waals surface area contributed by atoms with Gasteiger partial charge < -0.3 is 9.47 Å². The Morgan fingerprint density at radius 2 is 2.00 bits per heavy atom. The molecule has 24 heavy (non-hydrogen) atoms. The molecule has 0 spiro atoms. The molecule has 0 fully saturated rings. The normalized spacial score (nSPS) is 11.4. The van der Waals surface area contributed by atoms with Crippen molar-refractivity contribution in [3.8, 4) is 11.5 Å². The predicted octanol–water partition coefficient (Wildman–Crippen LogP) is 4.02. The second-order valence-corrected chi connectivity index (χ2v) is 6.87. The lowest BCUT2D eigenvalue weighted by Crippen LogP contribution is -2.36. The minimum Gasteiger partial charge on any atom is -0.494 e. The van der Waals surface area contributed by atoms with E-state index in [0.29, 0.717) is 6.61 Å². The van der Waals surface area contributed by atoms with E-state index in [4.69, 9.17) is 21.1 Å². The van der Waals surface area contributed by atoms with Gasteiger partial charge in [0.05, 0.1) is 18.3 Å². The number of halogens is 1. The average molecular weight is 351 g/mol. The fourth-order valence-corrected chi connectivity index (χ4v) is 2.29. The number of hydrogen-bond donors (Lipinski definition) is 0. The minimum atomic E-state index is -0.440. The average Bonchev–Trinajstić information content (AvgIpc) is 2.53. The van der Waals surface area contributed by atoms with Crippen LogP contribution in [0.1, 0.15) is 39.7 Å². The maximum absolute atomic E-state index is 12.3. The molecule has 2 rings (SSSR count). The number of benzene rings is 1. The first-order valence-electron chi connectivity index (χ1n) is 7.95. The van der Waals surface area contributed by atoms with Gasteiger partial charge in [0.1, 0.15) is 12.4 Å². The van der Waals surface area contributed by atoms with Crippen molar-refractivity contribution < 1.29 is 9.47 Å². The Balaban J connectivity index is 2.13. The summed E-state index contributed by atoms with van der Waals surface area (Å²) in [7, 11) is 0. The van der Waals surface area contributed by atoms with Crippen molar-refractivity contribution in [1.82, 2.24) is 9.78 Å². The summed E-state index contributed by atoms with van der Waals surface area (Å²) in [6.07, 6.45) is 2.43. The molecule has 1 aromatic heterocycles. The molecular formula is C18H23ClN2O3. The van der Waals surface area contributed by atoms with Crippen LogP contribution in [0.5, 0.6) is 11.5 Å². The summed E-state index contributed by atoms with van der Waals surface area (Å²) >= 11 is 6.15. The molecule has 0 aliphatic carbocycles. The van der Waals surface area contributed by atoms with Crippen LogP contribution < -0.4 is 15.0 Å². The SMILES string of the molecule is CCCOc1cccc(COc2cnn(C(C)(C)C)c(=O)c2Cl)c1. The Morgan fingerprint density at radius 1 is 1.25 bits per heavy atom. The quantitative estimate of drug-likeness (QED) is 0.789. The van der Waals surface area contributed by atoms with Gasteiger partial charge >= 0.3 is 0 Å². The Kier molecular flexibility index (Phi) is 5.89. The largest absolute Gasteiger partial charge is 0.494 e. The second-order valence-electron chi connectivity index (χ2n) is 6.50. The number of hydrogen-bond acceptors (Lipinski definition) is 4. The molecule has 0 atom stereocenters. The summed E-state index contributed by atoms with van der Waals surface area (Å²) in [5, 5.41) is 4.19. The molecule has 0 aliphatic heterocycles. The monoisotopic (exact) mass is 350 g/mol. The third-order valence-corrected chi connectivity index (χ3v) is 3.64. The fourth-order valence-electron chi connectivity index (χ4n) is 2.10. The van der Waals surface area contributed by atoms with E-state index in [1.54, 1.807) is 0 Å². The van der Waals surface area contributed by atoms with Crippen LogP contribution in [0.4, 0.5) is 0 Å². The summed E-state index contributed by atoms with van der Waals surface area (Å²) in [6, 6.07) is 7.64. The van der Waals surface area contributed by atoms with Crippen LogP contribution >= 0.6 is 11.6 Å². The maximum atomic E-state index is 12.3. The van der Waals surface area contributed by atoms with Crippen molar-refractivity contribution >= 4 is 11.6 Å². The van der Waals surface area contributed by atoms with Gasteiger partial charge in [-0.25, -0.2) is 4.68 Å². The van der Waals surface area contributed by atoms with Crippen molar-refractivity contribution in [2.45, 2.75) is 46.3 Å². The highest BCUT2D eigenvalue weighted by Gasteiger charge is 2.19. The Labute approximate surface area is 147 Å². The van der Waals surface area contributed by atoms with Crippen LogP contribution in [-0.4, -0.2) is 16.4 Å². The van der Waals surface area contributed by atoms with Gasteiger partial charge in [0, 0.05) is 0 Å². The molecule has 0 saturated carbocycles. The van der Waals surface area contributed by atoms with Crippen LogP contribution in [0.2, 0.25) is 5.02 Å². The van der Waals surface area contributed by atoms with Gasteiger partial charge in [-0.1, -0.05) is 30.7 Å². The van der Waals surface area contributed by atoms with E-state index in [2.05, 4.69) is 12.0 Å². The molecule has 0 N–H and O–H groups in total. The molecule has 0 saturated heterocycles. The Bertz CT molecular complexity index is 751. The maximum Gasteiger partial charge on any atom is 0.289 e. The summed E-state index contributed by atoms with van der Waals surface area (Å²) < 4.78 is 12.6. The van der Waals surface area contributed by atoms with Crippen molar-refractivity contribution in [3.05, 3.63) is 51.4 Å². The molecule has 0 radical (unpaired) electrons. The van der Waals surface area contributed by atoms with E-state index in [-0.39, 0.29) is 22.9 Å². The first kappa shape index (κ1) is 18.3. The van der Waals surface area contributed by atoms with Crippen molar-refractivity contribution in [3.63, 3.8) is 0 Å². The molecule has 0 amide bonds. The number of aromatic nitrogens is 2. The van der Waals surface area contributed by atoms with Crippen molar-refractivity contribution in [1.29, 1.82) is 0 Å². The third-order valence-electron chi connectivity index (χ3n) is 3.29. The molecule has 1 heterocycles. The molecule has 0 bridgehead atoms. The molecule has 1 aromatic carbocycles. The molecule has 2 aromatic rings. The van der Waals surface area contributed by atoms with Gasteiger partial charge in [-0.2, -0.15) is 5.10 Å². The van der Waals surface area contributed by atoms with Gasteiger partial charge in [0.15, 0.2) is 10.8 Å². The van der Waals surface area contributed by atoms with Gasteiger partial charge in [-0.15, -0.1) is 0 Å². The second kappa shape index (κ2) is 7.71. The van der Waals surface area contributed by atoms with Crippen LogP contribution in [0.25, 0.3) is 0 Å². The lowest BCUT2D eigenvalue weighted by molar-refractivity contribution is 0.289. The number of rotatable bonds is 6. The zero-order valence-electron chi connectivity index (χ0n) is 14.5. The number of ether oxygens (including phenoxy) is 2. The Morgan fingerprint density at radius 3 is 2.67 bits per heavy atom. The summed E-state index contributed by atoms with van der Waals surface area (Å²) in [4.78, 5) is 12.3. The molecule has 130 valence electrons. The highest BCUT2D eigenvalue weighted by molar-refractivity contribution is 6.31. The zero-order chi connectivity index (χ0) is 17.7. The summed E-state index contributed by atoms with van der Waals surface area (Å²) in [5.41, 5.74) is 0.130. The standard InChI is InChI=1S/C18H23ClN2O3/c1-5-9-23-14-8-6-7-13(10-14)12-24-15-11-20-21(18(2,3)4)17(22)16(15)19/h6-8,10-11H,5,9,12H2,1-4H3. The van der Waals surface area contributed by atoms with E-state index in [1.807, 2.05) is 45.0 Å². The first-order valence-corrected chi connectivity index (χ1v) is 8.33. The topological polar surface area (TPSA) is 53.4 Å². The lowest BCUT2D eigenvalue weighted by atomic mass is 10.1. The molecule has 6 heteroatoms. The third kappa shape index (κ3) is 4.51. The lowest BCUT2D eigenvalue weighted by Gasteiger charge is -2.21. The van der Waals surface area contributed by atoms with Gasteiger partial charge in [-0.05, 0) is 44.9 Å². The minimum absolute atomic E-state index is 0.0401. The highest BCUT2D eigenvalue weighted by atomic mass is 35.5. The van der Waals surface area contributed by atoms with Gasteiger partial charge in [-0.3, -0.25) is 4.79 Å². The van der Waals surface area contributed by atoms with Crippen LogP contribution in [0.3, 0.4) is 0 Å². The summed E-state index contributed by atoms with van der Waals surface area (Å²) in [6.45, 7) is 8.68. The van der Waals surface area contributed by atoms with Crippen molar-refractivity contribution in [2.24, 2.45) is 0 Å². The fraction of sp³-hybridized carbons (Fsp3) is 0.444. The zero-order valence-corrected chi connectivity index (χ0v) is 15.3. The predicted molar refractivity (Wildman–Crippen MR) is 95.1 cm³/mol. The van der Waals surface area contributed by atoms with E-state index in [0.717, 1.165) is 17.7 Å². The first-order chi connectivity index (χ1) is 11.3. The summed E-state index contributed by atoms with van der Waals surface area (Å²) in [5.74, 6) is 1.08.